The molecule has 22 heavy (non-hydrogen) atoms. The van der Waals surface area contributed by atoms with Crippen molar-refractivity contribution in [1.29, 1.82) is 0 Å². The van der Waals surface area contributed by atoms with Crippen molar-refractivity contribution in [1.82, 2.24) is 20.1 Å². The third kappa shape index (κ3) is 4.87. The van der Waals surface area contributed by atoms with Crippen LogP contribution < -0.4 is 10.1 Å². The number of piperazine rings is 1. The van der Waals surface area contributed by atoms with Gasteiger partial charge in [0, 0.05) is 50.9 Å². The number of hydrogen-bond acceptors (Lipinski definition) is 4. The summed E-state index contributed by atoms with van der Waals surface area (Å²) in [7, 11) is 0. The van der Waals surface area contributed by atoms with Gasteiger partial charge in [-0.15, -0.1) is 0 Å². The van der Waals surface area contributed by atoms with E-state index in [4.69, 9.17) is 4.74 Å². The summed E-state index contributed by atoms with van der Waals surface area (Å²) in [5, 5.41) is 2.97. The van der Waals surface area contributed by atoms with E-state index in [1.807, 2.05) is 30.0 Å². The molecule has 1 saturated heterocycles. The minimum Gasteiger partial charge on any atom is -0.478 e. The highest BCUT2D eigenvalue weighted by Crippen LogP contribution is 2.07. The number of nitrogens with one attached hydrogen (secondary N) is 1. The molecule has 2 amide bonds. The van der Waals surface area contributed by atoms with Crippen LogP contribution in [-0.4, -0.2) is 66.7 Å². The van der Waals surface area contributed by atoms with Crippen molar-refractivity contribution in [2.24, 2.45) is 0 Å². The molecular formula is C16H26N4O2. The number of ether oxygens (including phenoxy) is 1. The topological polar surface area (TPSA) is 57.7 Å². The first kappa shape index (κ1) is 16.5. The molecule has 2 rings (SSSR count). The van der Waals surface area contributed by atoms with Crippen LogP contribution >= 0.6 is 0 Å². The summed E-state index contributed by atoms with van der Waals surface area (Å²) in [4.78, 5) is 20.7. The molecule has 1 aromatic rings. The Labute approximate surface area is 132 Å². The molecule has 1 aliphatic rings. The van der Waals surface area contributed by atoms with E-state index < -0.39 is 0 Å². The van der Waals surface area contributed by atoms with E-state index in [1.54, 1.807) is 0 Å². The molecule has 0 aliphatic carbocycles. The molecule has 1 fully saturated rings. The molecule has 122 valence electrons. The Kier molecular flexibility index (Phi) is 6.45. The van der Waals surface area contributed by atoms with Crippen LogP contribution in [0.5, 0.6) is 5.88 Å². The molecule has 0 saturated carbocycles. The number of hydrogen-bond donors (Lipinski definition) is 1. The standard InChI is InChI=1S/C16H26N4O2/c1-3-19-10-12-20(13-11-19)16(21)17-9-8-14-6-5-7-15(18-14)22-4-2/h5-7H,3-4,8-13H2,1-2H3,(H,17,21). The van der Waals surface area contributed by atoms with Gasteiger partial charge in [0.25, 0.3) is 0 Å². The van der Waals surface area contributed by atoms with Crippen molar-refractivity contribution < 1.29 is 9.53 Å². The van der Waals surface area contributed by atoms with Crippen LogP contribution in [0, 0.1) is 0 Å². The van der Waals surface area contributed by atoms with Crippen molar-refractivity contribution in [2.75, 3.05) is 45.9 Å². The zero-order valence-corrected chi connectivity index (χ0v) is 13.5. The maximum Gasteiger partial charge on any atom is 0.317 e. The van der Waals surface area contributed by atoms with E-state index in [2.05, 4.69) is 22.1 Å². The fraction of sp³-hybridized carbons (Fsp3) is 0.625. The van der Waals surface area contributed by atoms with Gasteiger partial charge in [-0.05, 0) is 19.5 Å². The Balaban J connectivity index is 1.72. The molecule has 0 atom stereocenters. The fourth-order valence-corrected chi connectivity index (χ4v) is 2.50. The smallest absolute Gasteiger partial charge is 0.317 e. The quantitative estimate of drug-likeness (QED) is 0.862. The van der Waals surface area contributed by atoms with Crippen LogP contribution in [0.4, 0.5) is 4.79 Å². The molecule has 6 heteroatoms. The number of carbonyl (C=O) groups excluding carboxylic acids is 1. The van der Waals surface area contributed by atoms with Gasteiger partial charge in [-0.1, -0.05) is 13.0 Å². The highest BCUT2D eigenvalue weighted by Gasteiger charge is 2.19. The van der Waals surface area contributed by atoms with Crippen molar-refractivity contribution in [3.63, 3.8) is 0 Å². The third-order valence-electron chi connectivity index (χ3n) is 3.84. The number of likely N-dealkylation sites (N-methyl/N-ethyl adjacent to an activating group) is 1. The maximum absolute atomic E-state index is 12.1. The van der Waals surface area contributed by atoms with Crippen LogP contribution in [0.2, 0.25) is 0 Å². The SMILES string of the molecule is CCOc1cccc(CCNC(=O)N2CCN(CC)CC2)n1. The van der Waals surface area contributed by atoms with E-state index in [0.717, 1.165) is 38.4 Å². The van der Waals surface area contributed by atoms with E-state index in [0.29, 0.717) is 25.5 Å². The van der Waals surface area contributed by atoms with Gasteiger partial charge in [-0.3, -0.25) is 0 Å². The summed E-state index contributed by atoms with van der Waals surface area (Å²) < 4.78 is 5.38. The van der Waals surface area contributed by atoms with E-state index in [-0.39, 0.29) is 6.03 Å². The van der Waals surface area contributed by atoms with Gasteiger partial charge in [-0.2, -0.15) is 0 Å². The number of urea groups is 1. The Hall–Kier alpha value is -1.82. The zero-order chi connectivity index (χ0) is 15.8. The molecule has 0 radical (unpaired) electrons. The van der Waals surface area contributed by atoms with Crippen LogP contribution in [0.25, 0.3) is 0 Å². The van der Waals surface area contributed by atoms with Crippen LogP contribution in [-0.2, 0) is 6.42 Å². The zero-order valence-electron chi connectivity index (χ0n) is 13.5. The molecular weight excluding hydrogens is 280 g/mol. The number of nitrogens with zero attached hydrogens (tertiary/aromatic N) is 3. The number of rotatable bonds is 6. The van der Waals surface area contributed by atoms with Gasteiger partial charge in [-0.25, -0.2) is 9.78 Å². The summed E-state index contributed by atoms with van der Waals surface area (Å²) in [5.74, 6) is 0.641. The van der Waals surface area contributed by atoms with Crippen LogP contribution in [0.3, 0.4) is 0 Å². The predicted octanol–water partition coefficient (Wildman–Crippen LogP) is 1.37. The Morgan fingerprint density at radius 3 is 2.73 bits per heavy atom. The Morgan fingerprint density at radius 2 is 2.05 bits per heavy atom. The van der Waals surface area contributed by atoms with E-state index >= 15 is 0 Å². The van der Waals surface area contributed by atoms with Crippen molar-refractivity contribution in [2.45, 2.75) is 20.3 Å². The average molecular weight is 306 g/mol. The largest absolute Gasteiger partial charge is 0.478 e. The van der Waals surface area contributed by atoms with Gasteiger partial charge >= 0.3 is 6.03 Å². The molecule has 0 aromatic carbocycles. The second-order valence-electron chi connectivity index (χ2n) is 5.30. The average Bonchev–Trinajstić information content (AvgIpc) is 2.55. The highest BCUT2D eigenvalue weighted by atomic mass is 16.5. The normalized spacial score (nSPS) is 15.6. The number of pyridine rings is 1. The first-order valence-electron chi connectivity index (χ1n) is 8.06. The molecule has 6 nitrogen and oxygen atoms in total. The second-order valence-corrected chi connectivity index (χ2v) is 5.30. The summed E-state index contributed by atoms with van der Waals surface area (Å²) >= 11 is 0. The monoisotopic (exact) mass is 306 g/mol. The minimum atomic E-state index is 0.0247. The Morgan fingerprint density at radius 1 is 1.27 bits per heavy atom. The minimum absolute atomic E-state index is 0.0247. The third-order valence-corrected chi connectivity index (χ3v) is 3.84. The lowest BCUT2D eigenvalue weighted by atomic mass is 10.2. The molecule has 1 N–H and O–H groups in total. The molecule has 2 heterocycles. The first-order valence-corrected chi connectivity index (χ1v) is 8.06. The van der Waals surface area contributed by atoms with Gasteiger partial charge in [0.15, 0.2) is 0 Å². The molecule has 0 unspecified atom stereocenters. The summed E-state index contributed by atoms with van der Waals surface area (Å²) in [6.07, 6.45) is 0.710. The van der Waals surface area contributed by atoms with Crippen molar-refractivity contribution >= 4 is 6.03 Å². The first-order chi connectivity index (χ1) is 10.7. The number of carbonyl (C=O) groups is 1. The Bertz CT molecular complexity index is 473. The molecule has 1 aromatic heterocycles. The van der Waals surface area contributed by atoms with E-state index in [1.165, 1.54) is 0 Å². The molecule has 0 bridgehead atoms. The van der Waals surface area contributed by atoms with Crippen molar-refractivity contribution in [3.8, 4) is 5.88 Å². The molecule has 1 aliphatic heterocycles. The summed E-state index contributed by atoms with van der Waals surface area (Å²) in [5.41, 5.74) is 0.932. The summed E-state index contributed by atoms with van der Waals surface area (Å²) in [6.45, 7) is 9.87. The predicted molar refractivity (Wildman–Crippen MR) is 86.2 cm³/mol. The van der Waals surface area contributed by atoms with Crippen LogP contribution in [0.1, 0.15) is 19.5 Å². The van der Waals surface area contributed by atoms with Gasteiger partial charge in [0.05, 0.1) is 6.61 Å². The highest BCUT2D eigenvalue weighted by molar-refractivity contribution is 5.74. The van der Waals surface area contributed by atoms with Gasteiger partial charge < -0.3 is 19.9 Å². The lowest BCUT2D eigenvalue weighted by Crippen LogP contribution is -2.51. The van der Waals surface area contributed by atoms with Crippen molar-refractivity contribution in [3.05, 3.63) is 23.9 Å². The van der Waals surface area contributed by atoms with Gasteiger partial charge in [0.2, 0.25) is 5.88 Å². The fourth-order valence-electron chi connectivity index (χ4n) is 2.50. The molecule has 0 spiro atoms. The lowest BCUT2D eigenvalue weighted by molar-refractivity contribution is 0.143. The lowest BCUT2D eigenvalue weighted by Gasteiger charge is -2.33. The summed E-state index contributed by atoms with van der Waals surface area (Å²) in [6, 6.07) is 5.75. The van der Waals surface area contributed by atoms with E-state index in [9.17, 15) is 4.79 Å². The number of aromatic nitrogens is 1. The number of amides is 2. The van der Waals surface area contributed by atoms with Gasteiger partial charge in [0.1, 0.15) is 0 Å². The maximum atomic E-state index is 12.1. The second kappa shape index (κ2) is 8.58. The van der Waals surface area contributed by atoms with Crippen LogP contribution in [0.15, 0.2) is 18.2 Å².